The van der Waals surface area contributed by atoms with E-state index in [2.05, 4.69) is 0 Å². The van der Waals surface area contributed by atoms with E-state index in [0.717, 1.165) is 0 Å². The largest absolute Gasteiger partial charge is 0.394 e. The topological polar surface area (TPSA) is 348 Å². The van der Waals surface area contributed by atoms with Crippen molar-refractivity contribution in [2.75, 3.05) is 26.4 Å². The van der Waals surface area contributed by atoms with E-state index in [1.807, 2.05) is 0 Å². The molecule has 264 valence electrons. The number of ether oxygens (including phenoxy) is 7. The smallest absolute Gasteiger partial charge is 0.187 e. The Labute approximate surface area is 254 Å². The van der Waals surface area contributed by atoms with Crippen LogP contribution in [0.15, 0.2) is 0 Å². The molecule has 4 saturated heterocycles. The van der Waals surface area contributed by atoms with Gasteiger partial charge >= 0.3 is 0 Å². The van der Waals surface area contributed by atoms with E-state index in [0.29, 0.717) is 0 Å². The third-order valence-corrected chi connectivity index (χ3v) is 8.20. The zero-order valence-electron chi connectivity index (χ0n) is 23.5. The Morgan fingerprint density at radius 1 is 0.333 bits per heavy atom. The molecule has 0 radical (unpaired) electrons. The molecule has 20 atom stereocenters. The van der Waals surface area contributed by atoms with Crippen LogP contribution in [0.4, 0.5) is 0 Å². The van der Waals surface area contributed by atoms with Gasteiger partial charge in [0.1, 0.15) is 97.7 Å². The van der Waals surface area contributed by atoms with Crippen LogP contribution in [0.25, 0.3) is 0 Å². The first kappa shape index (κ1) is 37.0. The van der Waals surface area contributed by atoms with Crippen molar-refractivity contribution >= 4 is 0 Å². The van der Waals surface area contributed by atoms with Crippen LogP contribution < -0.4 is 0 Å². The zero-order valence-corrected chi connectivity index (χ0v) is 23.5. The van der Waals surface area contributed by atoms with Gasteiger partial charge in [0, 0.05) is 0 Å². The van der Waals surface area contributed by atoms with Crippen LogP contribution in [0.5, 0.6) is 0 Å². The Balaban J connectivity index is 1.43. The van der Waals surface area contributed by atoms with Crippen molar-refractivity contribution in [3.05, 3.63) is 0 Å². The summed E-state index contributed by atoms with van der Waals surface area (Å²) in [6.45, 7) is -3.39. The molecule has 21 heteroatoms. The molecular weight excluding hydrogens is 624 g/mol. The van der Waals surface area contributed by atoms with Crippen molar-refractivity contribution in [3.63, 3.8) is 0 Å². The van der Waals surface area contributed by atoms with Gasteiger partial charge in [0.05, 0.1) is 26.4 Å². The normalized spacial score (nSPS) is 52.9. The summed E-state index contributed by atoms with van der Waals surface area (Å²) < 4.78 is 37.7. The summed E-state index contributed by atoms with van der Waals surface area (Å²) in [6.07, 6.45) is -35.3. The number of rotatable bonds is 10. The molecule has 0 amide bonds. The van der Waals surface area contributed by atoms with Gasteiger partial charge in [0.2, 0.25) is 0 Å². The molecule has 21 nitrogen and oxygen atoms in total. The molecule has 0 spiro atoms. The zero-order chi connectivity index (χ0) is 33.3. The molecular formula is C24H42O21. The highest BCUT2D eigenvalue weighted by atomic mass is 16.8. The Morgan fingerprint density at radius 3 is 1.02 bits per heavy atom. The fourth-order valence-corrected chi connectivity index (χ4v) is 5.55. The van der Waals surface area contributed by atoms with Gasteiger partial charge in [-0.1, -0.05) is 0 Å². The summed E-state index contributed by atoms with van der Waals surface area (Å²) in [5.74, 6) is 0. The molecule has 14 N–H and O–H groups in total. The average molecular weight is 667 g/mol. The van der Waals surface area contributed by atoms with E-state index in [1.165, 1.54) is 0 Å². The van der Waals surface area contributed by atoms with E-state index in [-0.39, 0.29) is 0 Å². The lowest BCUT2D eigenvalue weighted by Gasteiger charge is -2.49. The van der Waals surface area contributed by atoms with E-state index in [9.17, 15) is 71.5 Å². The lowest BCUT2D eigenvalue weighted by atomic mass is 9.95. The molecule has 0 unspecified atom stereocenters. The van der Waals surface area contributed by atoms with Crippen LogP contribution in [-0.2, 0) is 33.2 Å². The van der Waals surface area contributed by atoms with Gasteiger partial charge < -0.3 is 105 Å². The van der Waals surface area contributed by atoms with E-state index in [1.54, 1.807) is 0 Å². The van der Waals surface area contributed by atoms with Gasteiger partial charge in [0.25, 0.3) is 0 Å². The molecule has 0 aliphatic carbocycles. The molecule has 0 bridgehead atoms. The number of hydrogen-bond donors (Lipinski definition) is 14. The standard InChI is InChI=1S/C24H42O21/c25-1-5-9(29)10(30)15(35)22(40-5)44-19-7(3-27)42-24(17(37)12(19)32)45-20-8(4-28)41-23(16(36)13(20)33)43-18-6(2-26)39-21(38)14(34)11(18)31/h5-38H,1-4H2/t5-,6-,7-,8-,9+,10+,11-,12-,13-,14-,15-,16-,17-,18-,19+,20-,21+,22-,23+,24+/m1/s1. The van der Waals surface area contributed by atoms with Crippen LogP contribution in [0, 0.1) is 0 Å². The van der Waals surface area contributed by atoms with Gasteiger partial charge in [-0.25, -0.2) is 0 Å². The van der Waals surface area contributed by atoms with Gasteiger partial charge in [-0.05, 0) is 0 Å². The predicted octanol–water partition coefficient (Wildman–Crippen LogP) is -9.75. The molecule has 0 aromatic rings. The second-order valence-electron chi connectivity index (χ2n) is 11.1. The van der Waals surface area contributed by atoms with Gasteiger partial charge in [0.15, 0.2) is 25.2 Å². The minimum Gasteiger partial charge on any atom is -0.394 e. The summed E-state index contributed by atoms with van der Waals surface area (Å²) in [5, 5.41) is 142. The monoisotopic (exact) mass is 666 g/mol. The third kappa shape index (κ3) is 7.44. The molecule has 0 aromatic heterocycles. The first-order valence-corrected chi connectivity index (χ1v) is 14.1. The molecule has 4 rings (SSSR count). The van der Waals surface area contributed by atoms with Gasteiger partial charge in [-0.2, -0.15) is 0 Å². The van der Waals surface area contributed by atoms with Crippen molar-refractivity contribution in [1.82, 2.24) is 0 Å². The molecule has 4 fully saturated rings. The summed E-state index contributed by atoms with van der Waals surface area (Å²) >= 11 is 0. The molecule has 0 aromatic carbocycles. The molecule has 4 heterocycles. The SMILES string of the molecule is OC[C@H]1O[C@H](O[C@@H]2[C@H](O)[C@@H](O)[C@H](O[C@H]3[C@H](O)[C@@H](O)[C@H](O[C@H]4[C@H](O)[C@@H](O)[C@@H](O)O[C@@H]4CO)O[C@@H]3CO)O[C@@H]2CO)[C@H](O)[C@@H](O)[C@H]1O. The first-order valence-electron chi connectivity index (χ1n) is 14.1. The van der Waals surface area contributed by atoms with Crippen molar-refractivity contribution in [2.45, 2.75) is 123 Å². The number of hydrogen-bond acceptors (Lipinski definition) is 21. The fraction of sp³-hybridized carbons (Fsp3) is 1.00. The Morgan fingerprint density at radius 2 is 0.644 bits per heavy atom. The van der Waals surface area contributed by atoms with Crippen molar-refractivity contribution < 1.29 is 105 Å². The maximum absolute atomic E-state index is 10.9. The Hall–Kier alpha value is -0.840. The number of aliphatic hydroxyl groups is 14. The highest BCUT2D eigenvalue weighted by Crippen LogP contribution is 2.34. The minimum absolute atomic E-state index is 0.784. The Bertz CT molecular complexity index is 910. The van der Waals surface area contributed by atoms with E-state index in [4.69, 9.17) is 33.2 Å². The fourth-order valence-electron chi connectivity index (χ4n) is 5.55. The van der Waals surface area contributed by atoms with Crippen LogP contribution >= 0.6 is 0 Å². The molecule has 4 aliphatic rings. The van der Waals surface area contributed by atoms with E-state index < -0.39 is 149 Å². The van der Waals surface area contributed by atoms with Crippen LogP contribution in [0.1, 0.15) is 0 Å². The minimum atomic E-state index is -2.02. The van der Waals surface area contributed by atoms with Crippen molar-refractivity contribution in [2.24, 2.45) is 0 Å². The molecule has 4 aliphatic heterocycles. The van der Waals surface area contributed by atoms with Crippen molar-refractivity contribution in [3.8, 4) is 0 Å². The summed E-state index contributed by atoms with van der Waals surface area (Å²) in [4.78, 5) is 0. The summed E-state index contributed by atoms with van der Waals surface area (Å²) in [7, 11) is 0. The van der Waals surface area contributed by atoms with Gasteiger partial charge in [-0.15, -0.1) is 0 Å². The second kappa shape index (κ2) is 15.6. The number of aliphatic hydroxyl groups excluding tert-OH is 14. The lowest BCUT2D eigenvalue weighted by Crippen LogP contribution is -2.67. The summed E-state index contributed by atoms with van der Waals surface area (Å²) in [5.41, 5.74) is 0. The highest BCUT2D eigenvalue weighted by Gasteiger charge is 2.55. The summed E-state index contributed by atoms with van der Waals surface area (Å²) in [6, 6.07) is 0. The second-order valence-corrected chi connectivity index (χ2v) is 11.1. The van der Waals surface area contributed by atoms with E-state index >= 15 is 0 Å². The maximum atomic E-state index is 10.9. The third-order valence-electron chi connectivity index (χ3n) is 8.20. The van der Waals surface area contributed by atoms with Gasteiger partial charge in [-0.3, -0.25) is 0 Å². The molecule has 45 heavy (non-hydrogen) atoms. The highest BCUT2D eigenvalue weighted by molar-refractivity contribution is 4.97. The van der Waals surface area contributed by atoms with Crippen LogP contribution in [-0.4, -0.2) is 221 Å². The predicted molar refractivity (Wildman–Crippen MR) is 134 cm³/mol. The average Bonchev–Trinajstić information content (AvgIpc) is 3.03. The molecule has 0 saturated carbocycles. The van der Waals surface area contributed by atoms with Crippen molar-refractivity contribution in [1.29, 1.82) is 0 Å². The lowest BCUT2D eigenvalue weighted by molar-refractivity contribution is -0.387. The Kier molecular flexibility index (Phi) is 12.8. The maximum Gasteiger partial charge on any atom is 0.187 e. The van der Waals surface area contributed by atoms with Crippen LogP contribution in [0.2, 0.25) is 0 Å². The quantitative estimate of drug-likeness (QED) is 0.103. The van der Waals surface area contributed by atoms with Crippen LogP contribution in [0.3, 0.4) is 0 Å². The first-order chi connectivity index (χ1) is 21.3.